The van der Waals surface area contributed by atoms with Crippen LogP contribution in [0.1, 0.15) is 187 Å². The van der Waals surface area contributed by atoms with Crippen LogP contribution in [0.5, 0.6) is 0 Å². The van der Waals surface area contributed by atoms with Gasteiger partial charge in [0.05, 0.1) is 19.3 Å². The molecule has 0 amide bonds. The molecular formula is C45H82NO9P. The van der Waals surface area contributed by atoms with Gasteiger partial charge in [-0.2, -0.15) is 0 Å². The zero-order chi connectivity index (χ0) is 41.2. The number of esters is 2. The molecule has 3 atom stereocenters. The summed E-state index contributed by atoms with van der Waals surface area (Å²) in [4.78, 5) is 37.0. The number of hydrogen-bond acceptors (Lipinski definition) is 9. The van der Waals surface area contributed by atoms with Crippen LogP contribution in [0.4, 0.5) is 0 Å². The van der Waals surface area contributed by atoms with Gasteiger partial charge in [0.1, 0.15) is 13.2 Å². The first kappa shape index (κ1) is 53.9. The number of phosphoric ester groups is 1. The molecule has 0 spiro atoms. The molecule has 0 rings (SSSR count). The van der Waals surface area contributed by atoms with Crippen LogP contribution in [0, 0.1) is 0 Å². The number of aliphatic hydroxyl groups is 1. The maximum atomic E-state index is 12.6. The number of rotatable bonds is 41. The van der Waals surface area contributed by atoms with Crippen LogP contribution in [-0.2, 0) is 32.7 Å². The van der Waals surface area contributed by atoms with Crippen molar-refractivity contribution in [3.05, 3.63) is 48.6 Å². The van der Waals surface area contributed by atoms with E-state index in [1.165, 1.54) is 77.0 Å². The number of allylic oxidation sites excluding steroid dienone is 7. The molecule has 0 aromatic carbocycles. The van der Waals surface area contributed by atoms with Crippen molar-refractivity contribution < 1.29 is 48.4 Å². The number of carbonyl (C=O) groups excluding carboxylic acids is 2. The van der Waals surface area contributed by atoms with Gasteiger partial charge < -0.3 is 34.3 Å². The van der Waals surface area contributed by atoms with Crippen molar-refractivity contribution in [3.8, 4) is 0 Å². The van der Waals surface area contributed by atoms with Crippen LogP contribution < -0.4 is 10.6 Å². The Morgan fingerprint density at radius 2 is 1.16 bits per heavy atom. The summed E-state index contributed by atoms with van der Waals surface area (Å²) in [6.45, 7) is 3.77. The van der Waals surface area contributed by atoms with E-state index in [0.717, 1.165) is 77.0 Å². The summed E-state index contributed by atoms with van der Waals surface area (Å²) in [7, 11) is -4.60. The highest BCUT2D eigenvalue weighted by Gasteiger charge is 2.21. The van der Waals surface area contributed by atoms with Crippen LogP contribution in [0.15, 0.2) is 48.6 Å². The van der Waals surface area contributed by atoms with Crippen molar-refractivity contribution >= 4 is 19.8 Å². The fourth-order valence-corrected chi connectivity index (χ4v) is 6.75. The smallest absolute Gasteiger partial charge is 0.306 e. The van der Waals surface area contributed by atoms with E-state index >= 15 is 0 Å². The Morgan fingerprint density at radius 1 is 0.643 bits per heavy atom. The van der Waals surface area contributed by atoms with Crippen molar-refractivity contribution in [1.29, 1.82) is 0 Å². The van der Waals surface area contributed by atoms with Gasteiger partial charge in [-0.1, -0.05) is 178 Å². The molecule has 0 aliphatic heterocycles. The third kappa shape index (κ3) is 40.1. The average molecular weight is 812 g/mol. The van der Waals surface area contributed by atoms with Crippen molar-refractivity contribution in [2.75, 3.05) is 26.4 Å². The standard InChI is InChI=1S/C45H82NO9P/c1-3-5-7-8-9-10-11-12-13-16-19-22-25-28-32-36-44(48)52-40-43(41-54-56(50,51)53-39-38-46)55-45(49)37-33-29-26-23-20-17-14-15-18-21-24-27-31-35-42(47)34-30-6-4-2/h15,17-18,20,24,27,31,35,42-43,47H,3-14,16,19,21-23,25-26,28-30,32-34,36-41,46H2,1-2H3,(H,50,51)/b18-15-,20-17-,27-24-,35-31+/t42-,43+/m0/s1. The van der Waals surface area contributed by atoms with Gasteiger partial charge in [-0.25, -0.2) is 0 Å². The summed E-state index contributed by atoms with van der Waals surface area (Å²) in [5.74, 6) is -0.901. The maximum Gasteiger partial charge on any atom is 0.306 e. The SMILES string of the molecule is CCCCCCCCCCCCCCCCCC(=O)OC[C@H](COP(=O)([O-])OCC[NH3+])OC(=O)CCCCC/C=C\C/C=C\C/C=C\C=C\[C@@H](O)CCCCC. The van der Waals surface area contributed by atoms with E-state index in [2.05, 4.69) is 50.0 Å². The molecule has 0 fully saturated rings. The molecule has 1 unspecified atom stereocenters. The monoisotopic (exact) mass is 812 g/mol. The van der Waals surface area contributed by atoms with E-state index in [-0.39, 0.29) is 38.7 Å². The first-order chi connectivity index (χ1) is 27.2. The molecule has 0 aliphatic carbocycles. The van der Waals surface area contributed by atoms with Gasteiger partial charge in [0.25, 0.3) is 7.82 Å². The topological polar surface area (TPSA) is 159 Å². The zero-order valence-corrected chi connectivity index (χ0v) is 36.5. The Bertz CT molecular complexity index is 1080. The van der Waals surface area contributed by atoms with E-state index in [0.29, 0.717) is 6.42 Å². The van der Waals surface area contributed by atoms with E-state index in [1.54, 1.807) is 0 Å². The molecule has 4 N–H and O–H groups in total. The molecule has 56 heavy (non-hydrogen) atoms. The number of carbonyl (C=O) groups is 2. The predicted molar refractivity (Wildman–Crippen MR) is 227 cm³/mol. The van der Waals surface area contributed by atoms with Crippen LogP contribution in [0.2, 0.25) is 0 Å². The first-order valence-electron chi connectivity index (χ1n) is 22.3. The number of unbranched alkanes of at least 4 members (excludes halogenated alkanes) is 19. The van der Waals surface area contributed by atoms with Crippen molar-refractivity contribution in [2.45, 2.75) is 199 Å². The van der Waals surface area contributed by atoms with Gasteiger partial charge in [0.15, 0.2) is 6.10 Å². The van der Waals surface area contributed by atoms with E-state index in [1.807, 2.05) is 18.2 Å². The minimum atomic E-state index is -4.60. The lowest BCUT2D eigenvalue weighted by Gasteiger charge is -2.25. The normalized spacial score (nSPS) is 14.3. The summed E-state index contributed by atoms with van der Waals surface area (Å²) in [5.41, 5.74) is 3.55. The lowest BCUT2D eigenvalue weighted by Crippen LogP contribution is -2.52. The van der Waals surface area contributed by atoms with Gasteiger partial charge in [0, 0.05) is 12.8 Å². The molecule has 0 heterocycles. The molecule has 10 nitrogen and oxygen atoms in total. The lowest BCUT2D eigenvalue weighted by molar-refractivity contribution is -0.373. The fourth-order valence-electron chi connectivity index (χ4n) is 5.97. The van der Waals surface area contributed by atoms with Crippen LogP contribution >= 0.6 is 7.82 Å². The molecular weight excluding hydrogens is 729 g/mol. The fraction of sp³-hybridized carbons (Fsp3) is 0.778. The quantitative estimate of drug-likeness (QED) is 0.0201. The van der Waals surface area contributed by atoms with Crippen molar-refractivity contribution in [3.63, 3.8) is 0 Å². The van der Waals surface area contributed by atoms with Crippen molar-refractivity contribution in [1.82, 2.24) is 0 Å². The maximum absolute atomic E-state index is 12.6. The summed E-state index contributed by atoms with van der Waals surface area (Å²) in [5, 5.41) is 9.89. The highest BCUT2D eigenvalue weighted by Crippen LogP contribution is 2.38. The molecule has 0 aliphatic rings. The Kier molecular flexibility index (Phi) is 39.6. The van der Waals surface area contributed by atoms with Gasteiger partial charge in [-0.3, -0.25) is 14.2 Å². The number of phosphoric acid groups is 1. The zero-order valence-electron chi connectivity index (χ0n) is 35.6. The van der Waals surface area contributed by atoms with Gasteiger partial charge in [0.2, 0.25) is 0 Å². The number of quaternary nitrogens is 1. The largest absolute Gasteiger partial charge is 0.756 e. The van der Waals surface area contributed by atoms with Crippen LogP contribution in [-0.4, -0.2) is 55.6 Å². The second-order valence-electron chi connectivity index (χ2n) is 14.8. The Hall–Kier alpha value is -2.07. The molecule has 0 saturated carbocycles. The molecule has 0 bridgehead atoms. The Morgan fingerprint density at radius 3 is 1.77 bits per heavy atom. The molecule has 0 radical (unpaired) electrons. The minimum Gasteiger partial charge on any atom is -0.756 e. The Labute approximate surface area is 341 Å². The second-order valence-corrected chi connectivity index (χ2v) is 16.2. The van der Waals surface area contributed by atoms with E-state index < -0.39 is 32.5 Å². The molecule has 0 aromatic heterocycles. The van der Waals surface area contributed by atoms with E-state index in [4.69, 9.17) is 18.5 Å². The lowest BCUT2D eigenvalue weighted by atomic mass is 10.0. The summed E-state index contributed by atoms with van der Waals surface area (Å²) in [6, 6.07) is 0. The van der Waals surface area contributed by atoms with Crippen LogP contribution in [0.3, 0.4) is 0 Å². The number of ether oxygens (including phenoxy) is 2. The number of hydrogen-bond donors (Lipinski definition) is 2. The summed E-state index contributed by atoms with van der Waals surface area (Å²) < 4.78 is 32.5. The third-order valence-electron chi connectivity index (χ3n) is 9.34. The molecule has 326 valence electrons. The summed E-state index contributed by atoms with van der Waals surface area (Å²) in [6.07, 6.45) is 43.1. The van der Waals surface area contributed by atoms with Gasteiger partial charge in [-0.05, 0) is 44.9 Å². The van der Waals surface area contributed by atoms with Gasteiger partial charge >= 0.3 is 11.9 Å². The molecule has 0 saturated heterocycles. The summed E-state index contributed by atoms with van der Waals surface area (Å²) >= 11 is 0. The highest BCUT2D eigenvalue weighted by molar-refractivity contribution is 7.45. The highest BCUT2D eigenvalue weighted by atomic mass is 31.2. The average Bonchev–Trinajstić information content (AvgIpc) is 3.18. The van der Waals surface area contributed by atoms with Crippen LogP contribution in [0.25, 0.3) is 0 Å². The Balaban J connectivity index is 4.25. The number of aliphatic hydroxyl groups excluding tert-OH is 1. The second kappa shape index (κ2) is 41.1. The van der Waals surface area contributed by atoms with E-state index in [9.17, 15) is 24.2 Å². The van der Waals surface area contributed by atoms with Gasteiger partial charge in [-0.15, -0.1) is 0 Å². The predicted octanol–water partition coefficient (Wildman–Crippen LogP) is 10.3. The third-order valence-corrected chi connectivity index (χ3v) is 10.3. The minimum absolute atomic E-state index is 0.118. The first-order valence-corrected chi connectivity index (χ1v) is 23.8. The van der Waals surface area contributed by atoms with Crippen molar-refractivity contribution in [2.24, 2.45) is 0 Å². The molecule has 11 heteroatoms. The molecule has 0 aromatic rings.